The molecule has 4 aliphatic rings. The summed E-state index contributed by atoms with van der Waals surface area (Å²) in [4.78, 5) is 39.2. The molecule has 0 unspecified atom stereocenters. The van der Waals surface area contributed by atoms with E-state index in [9.17, 15) is 14.0 Å². The molecule has 43 heavy (non-hydrogen) atoms. The fourth-order valence-corrected chi connectivity index (χ4v) is 7.07. The van der Waals surface area contributed by atoms with Gasteiger partial charge in [-0.05, 0) is 65.0 Å². The summed E-state index contributed by atoms with van der Waals surface area (Å²) in [6.07, 6.45) is 2.21. The van der Waals surface area contributed by atoms with Crippen molar-refractivity contribution in [1.82, 2.24) is 19.8 Å². The summed E-state index contributed by atoms with van der Waals surface area (Å²) in [7, 11) is 0. The molecule has 12 heteroatoms. The first-order valence-corrected chi connectivity index (χ1v) is 14.8. The topological polar surface area (TPSA) is 88.1 Å². The van der Waals surface area contributed by atoms with E-state index in [4.69, 9.17) is 9.47 Å². The highest BCUT2D eigenvalue weighted by molar-refractivity contribution is 5.95. The third kappa shape index (κ3) is 5.59. The lowest BCUT2D eigenvalue weighted by Crippen LogP contribution is -2.57. The predicted molar refractivity (Wildman–Crippen MR) is 153 cm³/mol. The van der Waals surface area contributed by atoms with Crippen LogP contribution < -0.4 is 9.64 Å². The Morgan fingerprint density at radius 2 is 1.86 bits per heavy atom. The van der Waals surface area contributed by atoms with Crippen LogP contribution in [0.25, 0.3) is 10.9 Å². The second kappa shape index (κ2) is 10.8. The number of carbonyl (C=O) groups is 2. The van der Waals surface area contributed by atoms with E-state index in [1.54, 1.807) is 4.90 Å². The van der Waals surface area contributed by atoms with Crippen LogP contribution in [0.3, 0.4) is 0 Å². The number of Topliss-reactive ketones (excluding diaryl/α,β-unsaturated/α-hetero) is 1. The molecule has 1 amide bonds. The minimum Gasteiger partial charge on any atom is -0.461 e. The number of fused-ring (bicyclic) bond motifs is 4. The van der Waals surface area contributed by atoms with Crippen molar-refractivity contribution in [3.63, 3.8) is 0 Å². The number of rotatable bonds is 4. The van der Waals surface area contributed by atoms with Crippen LogP contribution in [0.1, 0.15) is 65.4 Å². The zero-order valence-corrected chi connectivity index (χ0v) is 24.9. The molecule has 1 aromatic carbocycles. The Bertz CT molecular complexity index is 1520. The molecule has 9 nitrogen and oxygen atoms in total. The van der Waals surface area contributed by atoms with E-state index in [0.29, 0.717) is 26.1 Å². The quantitative estimate of drug-likeness (QED) is 0.479. The predicted octanol–water partition coefficient (Wildman–Crippen LogP) is 4.39. The Morgan fingerprint density at radius 3 is 2.53 bits per heavy atom. The van der Waals surface area contributed by atoms with Crippen molar-refractivity contribution in [3.05, 3.63) is 23.3 Å². The average Bonchev–Trinajstić information content (AvgIpc) is 3.53. The fourth-order valence-electron chi connectivity index (χ4n) is 7.07. The molecule has 0 radical (unpaired) electrons. The molecule has 4 atom stereocenters. The van der Waals surface area contributed by atoms with Crippen LogP contribution >= 0.6 is 0 Å². The van der Waals surface area contributed by atoms with Gasteiger partial charge in [-0.3, -0.25) is 14.6 Å². The van der Waals surface area contributed by atoms with Gasteiger partial charge in [-0.2, -0.15) is 9.97 Å². The third-order valence-electron chi connectivity index (χ3n) is 8.82. The molecular formula is C31H36F3N5O4. The number of aromatic nitrogens is 2. The number of piperazine rings is 1. The molecule has 4 fully saturated rings. The van der Waals surface area contributed by atoms with Gasteiger partial charge >= 0.3 is 12.1 Å². The van der Waals surface area contributed by atoms with Gasteiger partial charge in [-0.1, -0.05) is 5.92 Å². The van der Waals surface area contributed by atoms with Crippen LogP contribution in [0.15, 0.2) is 6.07 Å². The molecule has 230 valence electrons. The van der Waals surface area contributed by atoms with Crippen molar-refractivity contribution in [2.75, 3.05) is 37.7 Å². The molecule has 0 aliphatic carbocycles. The van der Waals surface area contributed by atoms with E-state index >= 15 is 8.78 Å². The number of alkyl halides is 1. The van der Waals surface area contributed by atoms with Gasteiger partial charge in [-0.25, -0.2) is 18.0 Å². The largest absolute Gasteiger partial charge is 0.461 e. The van der Waals surface area contributed by atoms with E-state index < -0.39 is 40.3 Å². The molecular weight excluding hydrogens is 563 g/mol. The van der Waals surface area contributed by atoms with Crippen LogP contribution in [0.2, 0.25) is 0 Å². The number of ketones is 1. The summed E-state index contributed by atoms with van der Waals surface area (Å²) in [5.74, 6) is 2.28. The van der Waals surface area contributed by atoms with Crippen molar-refractivity contribution in [1.29, 1.82) is 0 Å². The average molecular weight is 600 g/mol. The van der Waals surface area contributed by atoms with Crippen molar-refractivity contribution in [3.8, 4) is 17.9 Å². The first-order chi connectivity index (χ1) is 20.3. The first-order valence-electron chi connectivity index (χ1n) is 14.8. The monoisotopic (exact) mass is 599 g/mol. The Morgan fingerprint density at radius 1 is 1.14 bits per heavy atom. The molecule has 5 heterocycles. The number of hydrogen-bond acceptors (Lipinski definition) is 8. The van der Waals surface area contributed by atoms with E-state index in [1.165, 1.54) is 6.92 Å². The summed E-state index contributed by atoms with van der Waals surface area (Å²) in [5.41, 5.74) is -1.87. The number of anilines is 1. The Balaban J connectivity index is 1.37. The molecule has 2 aromatic rings. The van der Waals surface area contributed by atoms with Gasteiger partial charge in [0.1, 0.15) is 35.5 Å². The van der Waals surface area contributed by atoms with Crippen molar-refractivity contribution in [2.24, 2.45) is 0 Å². The molecule has 4 saturated heterocycles. The van der Waals surface area contributed by atoms with Crippen LogP contribution in [-0.4, -0.2) is 93.8 Å². The second-order valence-electron chi connectivity index (χ2n) is 13.1. The number of hydrogen-bond donors (Lipinski definition) is 0. The molecule has 6 rings (SSSR count). The number of halogens is 3. The minimum atomic E-state index is -1.02. The van der Waals surface area contributed by atoms with Crippen LogP contribution in [0.4, 0.5) is 23.8 Å². The highest BCUT2D eigenvalue weighted by atomic mass is 19.1. The minimum absolute atomic E-state index is 0.107. The molecule has 1 aromatic heterocycles. The van der Waals surface area contributed by atoms with Crippen molar-refractivity contribution >= 4 is 28.6 Å². The summed E-state index contributed by atoms with van der Waals surface area (Å²) in [6, 6.07) is 0.670. The SMILES string of the molecule is CC(=O)C#Cc1c(F)cc2c(N3C[C@H]4CC[C@@H](C3)N4C(=O)OC(C)(C)C)nc(OC[C@@]34CCCN3C[C@H](F)C4)nc2c1F. The van der Waals surface area contributed by atoms with E-state index in [2.05, 4.69) is 26.7 Å². The number of nitrogens with zero attached hydrogens (tertiary/aromatic N) is 5. The number of ether oxygens (including phenoxy) is 2. The smallest absolute Gasteiger partial charge is 0.410 e. The molecule has 0 spiro atoms. The lowest BCUT2D eigenvalue weighted by Gasteiger charge is -2.42. The van der Waals surface area contributed by atoms with E-state index in [-0.39, 0.29) is 47.5 Å². The Hall–Kier alpha value is -3.59. The molecule has 4 aliphatic heterocycles. The third-order valence-corrected chi connectivity index (χ3v) is 8.82. The lowest BCUT2D eigenvalue weighted by atomic mass is 9.95. The molecule has 2 bridgehead atoms. The maximum absolute atomic E-state index is 15.9. The Kier molecular flexibility index (Phi) is 7.43. The normalized spacial score (nSPS) is 26.8. The summed E-state index contributed by atoms with van der Waals surface area (Å²) in [6.45, 7) is 8.68. The van der Waals surface area contributed by atoms with Gasteiger partial charge in [0.05, 0.1) is 23.2 Å². The zero-order valence-electron chi connectivity index (χ0n) is 24.9. The standard InChI is InChI=1S/C31H36F3N5O4/c1-18(40)6-9-22-24(33)12-23-26(25(22)34)35-28(42-17-31-10-5-11-38(31)14-19(32)13-31)36-27(23)37-15-20-7-8-21(16-37)39(20)29(41)43-30(2,3)4/h12,19-21H,5,7-8,10-11,13-17H2,1-4H3/t19-,20-,21+,31+/m1/s1. The molecule has 0 saturated carbocycles. The van der Waals surface area contributed by atoms with Gasteiger partial charge in [-0.15, -0.1) is 0 Å². The zero-order chi connectivity index (χ0) is 30.7. The lowest BCUT2D eigenvalue weighted by molar-refractivity contribution is -0.111. The number of carbonyl (C=O) groups excluding carboxylic acids is 2. The number of benzene rings is 1. The van der Waals surface area contributed by atoms with E-state index in [1.807, 2.05) is 25.7 Å². The van der Waals surface area contributed by atoms with Gasteiger partial charge in [0.15, 0.2) is 5.82 Å². The first kappa shape index (κ1) is 29.5. The van der Waals surface area contributed by atoms with Crippen molar-refractivity contribution < 1.29 is 32.2 Å². The maximum atomic E-state index is 15.9. The maximum Gasteiger partial charge on any atom is 0.410 e. The second-order valence-corrected chi connectivity index (χ2v) is 13.1. The summed E-state index contributed by atoms with van der Waals surface area (Å²) < 4.78 is 57.2. The Labute approximate surface area is 248 Å². The van der Waals surface area contributed by atoms with Crippen molar-refractivity contribution in [2.45, 2.75) is 89.2 Å². The van der Waals surface area contributed by atoms with Crippen LogP contribution in [0, 0.1) is 23.5 Å². The van der Waals surface area contributed by atoms with Crippen LogP contribution in [0.5, 0.6) is 6.01 Å². The molecule has 0 N–H and O–H groups in total. The number of amides is 1. The summed E-state index contributed by atoms with van der Waals surface area (Å²) in [5, 5.41) is 0.131. The highest BCUT2D eigenvalue weighted by Crippen LogP contribution is 2.41. The van der Waals surface area contributed by atoms with E-state index in [0.717, 1.165) is 38.3 Å². The fraction of sp³-hybridized carbons (Fsp3) is 0.613. The summed E-state index contributed by atoms with van der Waals surface area (Å²) >= 11 is 0. The van der Waals surface area contributed by atoms with Gasteiger partial charge < -0.3 is 14.4 Å². The van der Waals surface area contributed by atoms with Gasteiger partial charge in [0.2, 0.25) is 5.78 Å². The highest BCUT2D eigenvalue weighted by Gasteiger charge is 2.50. The van der Waals surface area contributed by atoms with Gasteiger partial charge in [0, 0.05) is 38.4 Å². The van der Waals surface area contributed by atoms with Crippen LogP contribution in [-0.2, 0) is 9.53 Å². The van der Waals surface area contributed by atoms with Gasteiger partial charge in [0.25, 0.3) is 0 Å².